The second kappa shape index (κ2) is 6.06. The number of fused-ring (bicyclic) bond motifs is 1. The van der Waals surface area contributed by atoms with Crippen LogP contribution in [0.1, 0.15) is 42.5 Å². The lowest BCUT2D eigenvalue weighted by Crippen LogP contribution is -2.02. The minimum Gasteiger partial charge on any atom is -0.233 e. The molecule has 1 heterocycles. The van der Waals surface area contributed by atoms with Crippen LogP contribution in [0.4, 0.5) is 8.78 Å². The minimum atomic E-state index is -2.50. The van der Waals surface area contributed by atoms with Crippen molar-refractivity contribution < 1.29 is 8.78 Å². The van der Waals surface area contributed by atoms with Crippen molar-refractivity contribution >= 4 is 11.6 Å². The van der Waals surface area contributed by atoms with E-state index >= 15 is 0 Å². The zero-order valence-corrected chi connectivity index (χ0v) is 12.2. The molecule has 21 heavy (non-hydrogen) atoms. The van der Waals surface area contributed by atoms with Gasteiger partial charge in [0.05, 0.1) is 0 Å². The molecule has 2 nitrogen and oxygen atoms in total. The van der Waals surface area contributed by atoms with E-state index in [9.17, 15) is 8.78 Å². The average molecular weight is 309 g/mol. The van der Waals surface area contributed by atoms with E-state index in [1.807, 2.05) is 0 Å². The maximum Gasteiger partial charge on any atom is 0.263 e. The molecule has 1 aliphatic rings. The summed E-state index contributed by atoms with van der Waals surface area (Å²) >= 11 is 6.27. The number of rotatable bonds is 2. The lowest BCUT2D eigenvalue weighted by atomic mass is 10.1. The first kappa shape index (κ1) is 14.4. The van der Waals surface area contributed by atoms with Gasteiger partial charge in [-0.2, -0.15) is 0 Å². The normalized spacial score (nSPS) is 14.9. The van der Waals surface area contributed by atoms with Crippen LogP contribution >= 0.6 is 11.6 Å². The Kier molecular flexibility index (Phi) is 4.15. The summed E-state index contributed by atoms with van der Waals surface area (Å²) in [7, 11) is 0. The highest BCUT2D eigenvalue weighted by atomic mass is 35.5. The third-order valence-corrected chi connectivity index (χ3v) is 4.09. The molecule has 110 valence electrons. The molecular formula is C16H15ClF2N2. The Morgan fingerprint density at radius 3 is 2.67 bits per heavy atom. The number of hydrogen-bond donors (Lipinski definition) is 0. The van der Waals surface area contributed by atoms with E-state index in [1.54, 1.807) is 12.1 Å². The molecule has 0 unspecified atom stereocenters. The van der Waals surface area contributed by atoms with Crippen LogP contribution in [0, 0.1) is 0 Å². The van der Waals surface area contributed by atoms with Crippen LogP contribution in [0.2, 0.25) is 5.15 Å². The molecule has 0 radical (unpaired) electrons. The van der Waals surface area contributed by atoms with Crippen LogP contribution in [0.3, 0.4) is 0 Å². The maximum atomic E-state index is 12.8. The molecule has 2 aromatic rings. The molecule has 0 aliphatic heterocycles. The van der Waals surface area contributed by atoms with Gasteiger partial charge in [-0.05, 0) is 31.7 Å². The molecule has 1 aliphatic carbocycles. The first-order chi connectivity index (χ1) is 10.1. The van der Waals surface area contributed by atoms with Crippen LogP contribution < -0.4 is 0 Å². The molecule has 5 heteroatoms. The fourth-order valence-electron chi connectivity index (χ4n) is 2.67. The van der Waals surface area contributed by atoms with Gasteiger partial charge in [0.15, 0.2) is 5.82 Å². The second-order valence-corrected chi connectivity index (χ2v) is 5.61. The summed E-state index contributed by atoms with van der Waals surface area (Å²) in [6.07, 6.45) is 2.60. The first-order valence-electron chi connectivity index (χ1n) is 7.09. The molecule has 0 saturated carbocycles. The molecule has 0 N–H and O–H groups in total. The quantitative estimate of drug-likeness (QED) is 0.576. The molecule has 3 rings (SSSR count). The fraction of sp³-hybridized carbons (Fsp3) is 0.375. The van der Waals surface area contributed by atoms with Gasteiger partial charge in [0.1, 0.15) is 5.15 Å². The number of hydrogen-bond acceptors (Lipinski definition) is 2. The predicted molar refractivity (Wildman–Crippen MR) is 78.7 cm³/mol. The van der Waals surface area contributed by atoms with E-state index < -0.39 is 6.43 Å². The highest BCUT2D eigenvalue weighted by Gasteiger charge is 2.17. The van der Waals surface area contributed by atoms with Gasteiger partial charge in [-0.3, -0.25) is 0 Å². The van der Waals surface area contributed by atoms with Crippen LogP contribution in [0.5, 0.6) is 0 Å². The topological polar surface area (TPSA) is 25.8 Å². The molecular weight excluding hydrogens is 294 g/mol. The van der Waals surface area contributed by atoms with E-state index in [4.69, 9.17) is 11.6 Å². The molecule has 1 aromatic carbocycles. The largest absolute Gasteiger partial charge is 0.263 e. The molecule has 0 bridgehead atoms. The monoisotopic (exact) mass is 308 g/mol. The van der Waals surface area contributed by atoms with Crippen LogP contribution in [0.25, 0.3) is 11.4 Å². The SMILES string of the molecule is FC(F)c1cccc(-c2nc(Cl)c3c(n2)CCCCC3)c1. The molecule has 0 fully saturated rings. The van der Waals surface area contributed by atoms with Crippen LogP contribution in [0.15, 0.2) is 24.3 Å². The summed E-state index contributed by atoms with van der Waals surface area (Å²) in [5.74, 6) is 0.433. The fourth-order valence-corrected chi connectivity index (χ4v) is 2.95. The second-order valence-electron chi connectivity index (χ2n) is 5.25. The third-order valence-electron chi connectivity index (χ3n) is 3.78. The van der Waals surface area contributed by atoms with Gasteiger partial charge in [-0.1, -0.05) is 36.2 Å². The zero-order valence-electron chi connectivity index (χ0n) is 11.5. The third kappa shape index (κ3) is 3.05. The maximum absolute atomic E-state index is 12.8. The van der Waals surface area contributed by atoms with Gasteiger partial charge in [0.25, 0.3) is 6.43 Å². The standard InChI is InChI=1S/C16H15ClF2N2/c17-14-12-7-2-1-3-8-13(12)20-16(21-14)11-6-4-5-10(9-11)15(18)19/h4-6,9,15H,1-3,7-8H2. The van der Waals surface area contributed by atoms with Crippen molar-refractivity contribution in [2.75, 3.05) is 0 Å². The summed E-state index contributed by atoms with van der Waals surface area (Å²) in [5.41, 5.74) is 2.54. The highest BCUT2D eigenvalue weighted by Crippen LogP contribution is 2.29. The Bertz CT molecular complexity index is 659. The number of aryl methyl sites for hydroxylation is 1. The summed E-state index contributed by atoms with van der Waals surface area (Å²) < 4.78 is 25.6. The lowest BCUT2D eigenvalue weighted by Gasteiger charge is -2.10. The minimum absolute atomic E-state index is 0.0258. The van der Waals surface area contributed by atoms with Crippen LogP contribution in [-0.4, -0.2) is 9.97 Å². The van der Waals surface area contributed by atoms with Crippen molar-refractivity contribution in [3.8, 4) is 11.4 Å². The van der Waals surface area contributed by atoms with Crippen molar-refractivity contribution in [2.24, 2.45) is 0 Å². The summed E-state index contributed by atoms with van der Waals surface area (Å²) in [5, 5.41) is 0.458. The number of nitrogens with zero attached hydrogens (tertiary/aromatic N) is 2. The van der Waals surface area contributed by atoms with Crippen molar-refractivity contribution in [1.29, 1.82) is 0 Å². The molecule has 0 amide bonds. The Labute approximate surface area is 127 Å². The first-order valence-corrected chi connectivity index (χ1v) is 7.46. The van der Waals surface area contributed by atoms with Gasteiger partial charge in [-0.15, -0.1) is 0 Å². The van der Waals surface area contributed by atoms with Crippen molar-refractivity contribution in [3.63, 3.8) is 0 Å². The molecule has 0 atom stereocenters. The van der Waals surface area contributed by atoms with Gasteiger partial charge >= 0.3 is 0 Å². The lowest BCUT2D eigenvalue weighted by molar-refractivity contribution is 0.151. The molecule has 0 saturated heterocycles. The number of aromatic nitrogens is 2. The van der Waals surface area contributed by atoms with Crippen molar-refractivity contribution in [2.45, 2.75) is 38.5 Å². The zero-order chi connectivity index (χ0) is 14.8. The van der Waals surface area contributed by atoms with Gasteiger partial charge < -0.3 is 0 Å². The van der Waals surface area contributed by atoms with Gasteiger partial charge in [-0.25, -0.2) is 18.7 Å². The van der Waals surface area contributed by atoms with E-state index in [2.05, 4.69) is 9.97 Å². The van der Waals surface area contributed by atoms with E-state index in [0.717, 1.165) is 43.4 Å². The van der Waals surface area contributed by atoms with Crippen molar-refractivity contribution in [1.82, 2.24) is 9.97 Å². The summed E-state index contributed by atoms with van der Waals surface area (Å²) in [6, 6.07) is 6.17. The number of halogens is 3. The molecule has 0 spiro atoms. The predicted octanol–water partition coefficient (Wildman–Crippen LogP) is 5.00. The van der Waals surface area contributed by atoms with E-state index in [-0.39, 0.29) is 5.56 Å². The molecule has 1 aromatic heterocycles. The van der Waals surface area contributed by atoms with Gasteiger partial charge in [0, 0.05) is 22.4 Å². The Morgan fingerprint density at radius 1 is 1.05 bits per heavy atom. The van der Waals surface area contributed by atoms with Gasteiger partial charge in [0.2, 0.25) is 0 Å². The van der Waals surface area contributed by atoms with E-state index in [0.29, 0.717) is 16.5 Å². The summed E-state index contributed by atoms with van der Waals surface area (Å²) in [4.78, 5) is 8.87. The number of benzene rings is 1. The Balaban J connectivity index is 2.05. The Morgan fingerprint density at radius 2 is 1.86 bits per heavy atom. The number of alkyl halides is 2. The Hall–Kier alpha value is -1.55. The average Bonchev–Trinajstić information content (AvgIpc) is 2.73. The highest BCUT2D eigenvalue weighted by molar-refractivity contribution is 6.30. The van der Waals surface area contributed by atoms with Crippen LogP contribution in [-0.2, 0) is 12.8 Å². The smallest absolute Gasteiger partial charge is 0.233 e. The summed E-state index contributed by atoms with van der Waals surface area (Å²) in [6.45, 7) is 0. The van der Waals surface area contributed by atoms with Crippen molar-refractivity contribution in [3.05, 3.63) is 46.2 Å². The van der Waals surface area contributed by atoms with E-state index in [1.165, 1.54) is 12.1 Å².